The van der Waals surface area contributed by atoms with Crippen LogP contribution in [0.25, 0.3) is 0 Å². The van der Waals surface area contributed by atoms with E-state index in [2.05, 4.69) is 9.88 Å². The summed E-state index contributed by atoms with van der Waals surface area (Å²) < 4.78 is 4.76. The summed E-state index contributed by atoms with van der Waals surface area (Å²) in [6, 6.07) is 1.86. The molecule has 110 valence electrons. The Labute approximate surface area is 132 Å². The lowest BCUT2D eigenvalue weighted by atomic mass is 10.2. The van der Waals surface area contributed by atoms with E-state index in [1.165, 1.54) is 7.11 Å². The van der Waals surface area contributed by atoms with Crippen molar-refractivity contribution in [2.45, 2.75) is 19.0 Å². The molecule has 0 radical (unpaired) electrons. The van der Waals surface area contributed by atoms with E-state index in [0.717, 1.165) is 23.7 Å². The van der Waals surface area contributed by atoms with Gasteiger partial charge in [-0.2, -0.15) is 11.8 Å². The summed E-state index contributed by atoms with van der Waals surface area (Å²) in [5.74, 6) is 1.78. The maximum atomic E-state index is 11.5. The normalized spacial score (nSPS) is 19.9. The van der Waals surface area contributed by atoms with E-state index in [4.69, 9.17) is 27.9 Å². The lowest BCUT2D eigenvalue weighted by Crippen LogP contribution is -2.43. The number of esters is 1. The Kier molecular flexibility index (Phi) is 5.96. The van der Waals surface area contributed by atoms with Crippen molar-refractivity contribution in [2.75, 3.05) is 25.2 Å². The monoisotopic (exact) mass is 334 g/mol. The molecule has 20 heavy (non-hydrogen) atoms. The predicted molar refractivity (Wildman–Crippen MR) is 82.4 cm³/mol. The number of ether oxygens (including phenoxy) is 1. The second kappa shape index (κ2) is 7.50. The maximum Gasteiger partial charge on any atom is 0.307 e. The van der Waals surface area contributed by atoms with Gasteiger partial charge in [0.2, 0.25) is 0 Å². The Morgan fingerprint density at radius 1 is 1.60 bits per heavy atom. The molecule has 0 unspecified atom stereocenters. The summed E-state index contributed by atoms with van der Waals surface area (Å²) in [5.41, 5.74) is 0.790. The van der Waals surface area contributed by atoms with Gasteiger partial charge in [-0.1, -0.05) is 23.2 Å². The number of hydrogen-bond donors (Lipinski definition) is 0. The van der Waals surface area contributed by atoms with Crippen molar-refractivity contribution in [3.8, 4) is 0 Å². The zero-order valence-corrected chi connectivity index (χ0v) is 13.5. The molecular weight excluding hydrogens is 319 g/mol. The number of rotatable bonds is 4. The third-order valence-electron chi connectivity index (χ3n) is 3.22. The van der Waals surface area contributed by atoms with Crippen LogP contribution in [0.5, 0.6) is 0 Å². The smallest absolute Gasteiger partial charge is 0.307 e. The fraction of sp³-hybridized carbons (Fsp3) is 0.538. The molecule has 1 saturated heterocycles. The van der Waals surface area contributed by atoms with Gasteiger partial charge in [0.15, 0.2) is 0 Å². The number of nitrogens with zero attached hydrogens (tertiary/aromatic N) is 2. The lowest BCUT2D eigenvalue weighted by molar-refractivity contribution is -0.141. The number of carbonyl (C=O) groups excluding carboxylic acids is 1. The Bertz CT molecular complexity index is 487. The van der Waals surface area contributed by atoms with Crippen molar-refractivity contribution < 1.29 is 9.53 Å². The number of carbonyl (C=O) groups is 1. The number of aromatic nitrogens is 1. The van der Waals surface area contributed by atoms with Gasteiger partial charge in [-0.15, -0.1) is 0 Å². The average molecular weight is 335 g/mol. The summed E-state index contributed by atoms with van der Waals surface area (Å²) in [7, 11) is 1.42. The van der Waals surface area contributed by atoms with Gasteiger partial charge in [-0.05, 0) is 6.07 Å². The highest BCUT2D eigenvalue weighted by molar-refractivity contribution is 7.99. The molecule has 1 atom stereocenters. The summed E-state index contributed by atoms with van der Waals surface area (Å²) in [5, 5.41) is 1.09. The van der Waals surface area contributed by atoms with Gasteiger partial charge in [0.05, 0.1) is 29.3 Å². The van der Waals surface area contributed by atoms with Gasteiger partial charge in [-0.25, -0.2) is 0 Å². The average Bonchev–Trinajstić information content (AvgIpc) is 2.43. The molecule has 1 aliphatic rings. The van der Waals surface area contributed by atoms with Gasteiger partial charge in [0.1, 0.15) is 0 Å². The van der Waals surface area contributed by atoms with E-state index in [9.17, 15) is 4.79 Å². The molecule has 0 aromatic carbocycles. The summed E-state index contributed by atoms with van der Waals surface area (Å²) >= 11 is 13.9. The second-order valence-electron chi connectivity index (χ2n) is 4.56. The van der Waals surface area contributed by atoms with Crippen LogP contribution in [0.15, 0.2) is 12.3 Å². The number of thioether (sulfide) groups is 1. The molecule has 0 saturated carbocycles. The van der Waals surface area contributed by atoms with Crippen molar-refractivity contribution in [3.63, 3.8) is 0 Å². The van der Waals surface area contributed by atoms with Crippen LogP contribution >= 0.6 is 35.0 Å². The summed E-state index contributed by atoms with van der Waals surface area (Å²) in [6.45, 7) is 1.53. The van der Waals surface area contributed by atoms with Gasteiger partial charge in [0.25, 0.3) is 0 Å². The molecular formula is C13H16Cl2N2O2S. The fourth-order valence-electron chi connectivity index (χ4n) is 2.11. The molecule has 1 aromatic heterocycles. The van der Waals surface area contributed by atoms with Crippen LogP contribution in [0.4, 0.5) is 0 Å². The van der Waals surface area contributed by atoms with Gasteiger partial charge >= 0.3 is 5.97 Å². The molecule has 2 heterocycles. The van der Waals surface area contributed by atoms with Crippen molar-refractivity contribution in [3.05, 3.63) is 28.0 Å². The molecule has 0 aliphatic carbocycles. The van der Waals surface area contributed by atoms with E-state index in [-0.39, 0.29) is 12.0 Å². The molecule has 0 amide bonds. The summed E-state index contributed by atoms with van der Waals surface area (Å²) in [4.78, 5) is 18.0. The Hall–Kier alpha value is -0.490. The fourth-order valence-corrected chi connectivity index (χ4v) is 3.68. The molecule has 0 N–H and O–H groups in total. The van der Waals surface area contributed by atoms with Crippen LogP contribution in [-0.4, -0.2) is 47.1 Å². The number of pyridine rings is 1. The highest BCUT2D eigenvalue weighted by Gasteiger charge is 2.26. The van der Waals surface area contributed by atoms with E-state index in [1.807, 2.05) is 11.8 Å². The van der Waals surface area contributed by atoms with Crippen molar-refractivity contribution in [1.29, 1.82) is 0 Å². The number of hydrogen-bond acceptors (Lipinski definition) is 5. The van der Waals surface area contributed by atoms with Crippen molar-refractivity contribution in [2.24, 2.45) is 0 Å². The molecule has 1 aliphatic heterocycles. The number of methoxy groups -OCH3 is 1. The van der Waals surface area contributed by atoms with Crippen LogP contribution < -0.4 is 0 Å². The minimum atomic E-state index is -0.183. The molecule has 0 bridgehead atoms. The minimum absolute atomic E-state index is 0.162. The van der Waals surface area contributed by atoms with Crippen LogP contribution in [0.1, 0.15) is 12.1 Å². The zero-order valence-electron chi connectivity index (χ0n) is 11.1. The quantitative estimate of drug-likeness (QED) is 0.792. The Balaban J connectivity index is 2.06. The topological polar surface area (TPSA) is 42.4 Å². The first-order chi connectivity index (χ1) is 9.60. The van der Waals surface area contributed by atoms with Crippen LogP contribution in [-0.2, 0) is 16.1 Å². The van der Waals surface area contributed by atoms with E-state index >= 15 is 0 Å². The molecule has 4 nitrogen and oxygen atoms in total. The standard InChI is InChI=1S/C13H16Cl2N2O2S/c1-19-13(18)5-10-8-20-3-2-17(10)7-12-11(15)4-9(14)6-16-12/h4,6,10H,2-3,5,7-8H2,1H3/t10-/m1/s1. The molecule has 1 aromatic rings. The summed E-state index contributed by atoms with van der Waals surface area (Å²) in [6.07, 6.45) is 1.99. The molecule has 0 spiro atoms. The Morgan fingerprint density at radius 2 is 2.40 bits per heavy atom. The third kappa shape index (κ3) is 4.25. The van der Waals surface area contributed by atoms with Crippen LogP contribution in [0, 0.1) is 0 Å². The number of halogens is 2. The first-order valence-corrected chi connectivity index (χ1v) is 8.19. The third-order valence-corrected chi connectivity index (χ3v) is 4.84. The van der Waals surface area contributed by atoms with E-state index in [1.54, 1.807) is 12.3 Å². The maximum absolute atomic E-state index is 11.5. The predicted octanol–water partition coefficient (Wildman–Crippen LogP) is 2.87. The second-order valence-corrected chi connectivity index (χ2v) is 6.55. The first-order valence-electron chi connectivity index (χ1n) is 6.28. The highest BCUT2D eigenvalue weighted by atomic mass is 35.5. The van der Waals surface area contributed by atoms with E-state index in [0.29, 0.717) is 23.0 Å². The van der Waals surface area contributed by atoms with E-state index < -0.39 is 0 Å². The van der Waals surface area contributed by atoms with Gasteiger partial charge in [0, 0.05) is 36.8 Å². The van der Waals surface area contributed by atoms with Gasteiger partial charge < -0.3 is 4.74 Å². The van der Waals surface area contributed by atoms with Crippen molar-refractivity contribution >= 4 is 40.9 Å². The largest absolute Gasteiger partial charge is 0.469 e. The minimum Gasteiger partial charge on any atom is -0.469 e. The highest BCUT2D eigenvalue weighted by Crippen LogP contribution is 2.24. The lowest BCUT2D eigenvalue weighted by Gasteiger charge is -2.34. The van der Waals surface area contributed by atoms with Gasteiger partial charge in [-0.3, -0.25) is 14.7 Å². The molecule has 7 heteroatoms. The zero-order chi connectivity index (χ0) is 14.5. The SMILES string of the molecule is COC(=O)C[C@@H]1CSCCN1Cc1ncc(Cl)cc1Cl. The Morgan fingerprint density at radius 3 is 3.10 bits per heavy atom. The molecule has 1 fully saturated rings. The van der Waals surface area contributed by atoms with Crippen LogP contribution in [0.2, 0.25) is 10.0 Å². The van der Waals surface area contributed by atoms with Crippen LogP contribution in [0.3, 0.4) is 0 Å². The van der Waals surface area contributed by atoms with Crippen molar-refractivity contribution in [1.82, 2.24) is 9.88 Å². The first kappa shape index (κ1) is 15.9. The molecule has 2 rings (SSSR count).